The van der Waals surface area contributed by atoms with Crippen molar-refractivity contribution in [1.29, 1.82) is 0 Å². The van der Waals surface area contributed by atoms with E-state index >= 15 is 0 Å². The first-order valence-corrected chi connectivity index (χ1v) is 10.9. The molecule has 2 aliphatic rings. The number of hydrogen-bond donors (Lipinski definition) is 2. The Morgan fingerprint density at radius 2 is 2.15 bits per heavy atom. The minimum Gasteiger partial charge on any atom is -0.342 e. The highest BCUT2D eigenvalue weighted by Gasteiger charge is 2.41. The lowest BCUT2D eigenvalue weighted by atomic mass is 10.0. The van der Waals surface area contributed by atoms with Gasteiger partial charge in [-0.2, -0.15) is 5.10 Å². The smallest absolute Gasteiger partial charge is 0.226 e. The van der Waals surface area contributed by atoms with Crippen LogP contribution in [0.4, 0.5) is 0 Å². The number of terminal acetylenes is 1. The molecule has 142 valence electrons. The number of nitrogens with one attached hydrogen (secondary N) is 2. The van der Waals surface area contributed by atoms with Crippen molar-refractivity contribution in [2.75, 3.05) is 11.5 Å². The predicted octanol–water partition coefficient (Wildman–Crippen LogP) is 0.639. The van der Waals surface area contributed by atoms with Crippen LogP contribution in [0.25, 0.3) is 0 Å². The number of hydrogen-bond acceptors (Lipinski definition) is 5. The average Bonchev–Trinajstić information content (AvgIpc) is 3.31. The Balaban J connectivity index is 1.61. The molecular weight excluding hydrogens is 352 g/mol. The van der Waals surface area contributed by atoms with Gasteiger partial charge in [0.1, 0.15) is 0 Å². The molecule has 0 bridgehead atoms. The molecule has 7 nitrogen and oxygen atoms in total. The van der Waals surface area contributed by atoms with Gasteiger partial charge >= 0.3 is 0 Å². The van der Waals surface area contributed by atoms with Crippen LogP contribution in [0, 0.1) is 18.3 Å². The number of rotatable bonds is 6. The molecule has 2 heterocycles. The Labute approximate surface area is 154 Å². The first-order chi connectivity index (χ1) is 12.4. The van der Waals surface area contributed by atoms with Crippen LogP contribution in [0.2, 0.25) is 0 Å². The largest absolute Gasteiger partial charge is 0.342 e. The maximum absolute atomic E-state index is 12.4. The summed E-state index contributed by atoms with van der Waals surface area (Å²) in [5.41, 5.74) is 0.859. The second-order valence-corrected chi connectivity index (χ2v) is 9.45. The van der Waals surface area contributed by atoms with Crippen LogP contribution in [-0.4, -0.2) is 47.7 Å². The third-order valence-electron chi connectivity index (χ3n) is 5.21. The van der Waals surface area contributed by atoms with Gasteiger partial charge in [-0.15, -0.1) is 6.42 Å². The Kier molecular flexibility index (Phi) is 5.68. The SMILES string of the molecule is C#CC(C)NC(=O)[C@@H]1CS(=O)(=O)C[C@H]1NCc1ccn(C2CCCC2)n1. The first-order valence-electron chi connectivity index (χ1n) is 9.12. The Morgan fingerprint density at radius 3 is 2.85 bits per heavy atom. The van der Waals surface area contributed by atoms with E-state index in [0.29, 0.717) is 12.6 Å². The van der Waals surface area contributed by atoms with Gasteiger partial charge in [-0.1, -0.05) is 18.8 Å². The van der Waals surface area contributed by atoms with Crippen molar-refractivity contribution >= 4 is 15.7 Å². The van der Waals surface area contributed by atoms with E-state index in [9.17, 15) is 13.2 Å². The lowest BCUT2D eigenvalue weighted by Crippen LogP contribution is -2.45. The van der Waals surface area contributed by atoms with Gasteiger partial charge in [-0.25, -0.2) is 8.42 Å². The normalized spacial score (nSPS) is 26.5. The number of nitrogens with zero attached hydrogens (tertiary/aromatic N) is 2. The van der Waals surface area contributed by atoms with Gasteiger partial charge in [0.05, 0.1) is 35.2 Å². The summed E-state index contributed by atoms with van der Waals surface area (Å²) in [5.74, 6) is 1.29. The van der Waals surface area contributed by atoms with Crippen molar-refractivity contribution < 1.29 is 13.2 Å². The summed E-state index contributed by atoms with van der Waals surface area (Å²) in [5, 5.41) is 10.5. The van der Waals surface area contributed by atoms with Crippen LogP contribution >= 0.6 is 0 Å². The van der Waals surface area contributed by atoms with Gasteiger partial charge < -0.3 is 10.6 Å². The maximum Gasteiger partial charge on any atom is 0.226 e. The molecule has 3 rings (SSSR count). The second-order valence-electron chi connectivity index (χ2n) is 7.29. The fourth-order valence-corrected chi connectivity index (χ4v) is 5.71. The van der Waals surface area contributed by atoms with E-state index in [0.717, 1.165) is 18.5 Å². The van der Waals surface area contributed by atoms with Crippen LogP contribution in [0.3, 0.4) is 0 Å². The molecule has 0 spiro atoms. The Bertz CT molecular complexity index is 790. The molecule has 2 N–H and O–H groups in total. The molecule has 1 aromatic rings. The first kappa shape index (κ1) is 18.9. The van der Waals surface area contributed by atoms with Gasteiger partial charge in [0.15, 0.2) is 9.84 Å². The van der Waals surface area contributed by atoms with E-state index in [1.165, 1.54) is 12.8 Å². The zero-order valence-electron chi connectivity index (χ0n) is 15.0. The predicted molar refractivity (Wildman–Crippen MR) is 98.9 cm³/mol. The van der Waals surface area contributed by atoms with Crippen molar-refractivity contribution in [3.8, 4) is 12.3 Å². The summed E-state index contributed by atoms with van der Waals surface area (Å²) >= 11 is 0. The molecule has 1 saturated heterocycles. The standard InChI is InChI=1S/C18H26N4O3S/c1-3-13(2)20-18(23)16-11-26(24,25)12-17(16)19-10-14-8-9-22(21-14)15-6-4-5-7-15/h1,8-9,13,15-17,19H,4-7,10-12H2,2H3,(H,20,23)/t13?,16-,17-/m1/s1. The van der Waals surface area contributed by atoms with Gasteiger partial charge in [0.2, 0.25) is 5.91 Å². The van der Waals surface area contributed by atoms with Crippen molar-refractivity contribution in [2.24, 2.45) is 5.92 Å². The van der Waals surface area contributed by atoms with E-state index in [2.05, 4.69) is 21.7 Å². The third-order valence-corrected chi connectivity index (χ3v) is 6.94. The fraction of sp³-hybridized carbons (Fsp3) is 0.667. The topological polar surface area (TPSA) is 93.1 Å². The lowest BCUT2D eigenvalue weighted by Gasteiger charge is -2.19. The van der Waals surface area contributed by atoms with E-state index in [1.807, 2.05) is 16.9 Å². The summed E-state index contributed by atoms with van der Waals surface area (Å²) in [7, 11) is -3.25. The molecule has 2 fully saturated rings. The monoisotopic (exact) mass is 378 g/mol. The summed E-state index contributed by atoms with van der Waals surface area (Å²) < 4.78 is 26.0. The quantitative estimate of drug-likeness (QED) is 0.709. The number of amides is 1. The van der Waals surface area contributed by atoms with E-state index in [4.69, 9.17) is 6.42 Å². The van der Waals surface area contributed by atoms with Gasteiger partial charge in [0.25, 0.3) is 0 Å². The molecule has 26 heavy (non-hydrogen) atoms. The molecular formula is C18H26N4O3S. The summed E-state index contributed by atoms with van der Waals surface area (Å²) in [6.07, 6.45) is 12.1. The minimum atomic E-state index is -3.25. The molecule has 1 saturated carbocycles. The van der Waals surface area contributed by atoms with Gasteiger partial charge in [-0.3, -0.25) is 9.48 Å². The minimum absolute atomic E-state index is 0.0428. The highest BCUT2D eigenvalue weighted by Crippen LogP contribution is 2.28. The van der Waals surface area contributed by atoms with Gasteiger partial charge in [-0.05, 0) is 25.8 Å². The number of carbonyl (C=O) groups is 1. The van der Waals surface area contributed by atoms with Crippen LogP contribution < -0.4 is 10.6 Å². The number of aromatic nitrogens is 2. The highest BCUT2D eigenvalue weighted by molar-refractivity contribution is 7.91. The molecule has 1 aliphatic carbocycles. The maximum atomic E-state index is 12.4. The molecule has 1 aliphatic heterocycles. The Hall–Kier alpha value is -1.85. The molecule has 0 aromatic carbocycles. The van der Waals surface area contributed by atoms with Crippen molar-refractivity contribution in [2.45, 2.75) is 57.3 Å². The lowest BCUT2D eigenvalue weighted by molar-refractivity contribution is -0.125. The summed E-state index contributed by atoms with van der Waals surface area (Å²) in [6.45, 7) is 2.13. The van der Waals surface area contributed by atoms with Crippen molar-refractivity contribution in [3.05, 3.63) is 18.0 Å². The third kappa shape index (κ3) is 4.46. The molecule has 3 atom stereocenters. The Morgan fingerprint density at radius 1 is 1.42 bits per heavy atom. The molecule has 1 amide bonds. The summed E-state index contributed by atoms with van der Waals surface area (Å²) in [4.78, 5) is 12.4. The van der Waals surface area contributed by atoms with Crippen molar-refractivity contribution in [1.82, 2.24) is 20.4 Å². The summed E-state index contributed by atoms with van der Waals surface area (Å²) in [6, 6.07) is 1.57. The van der Waals surface area contributed by atoms with Crippen molar-refractivity contribution in [3.63, 3.8) is 0 Å². The molecule has 8 heteroatoms. The molecule has 1 aromatic heterocycles. The van der Waals surface area contributed by atoms with E-state index in [1.54, 1.807) is 6.92 Å². The van der Waals surface area contributed by atoms with E-state index in [-0.39, 0.29) is 17.4 Å². The van der Waals surface area contributed by atoms with Gasteiger partial charge in [0, 0.05) is 18.8 Å². The van der Waals surface area contributed by atoms with Crippen LogP contribution in [-0.2, 0) is 21.2 Å². The molecule has 1 unspecified atom stereocenters. The molecule has 0 radical (unpaired) electrons. The second kappa shape index (κ2) is 7.80. The van der Waals surface area contributed by atoms with Crippen LogP contribution in [0.15, 0.2) is 12.3 Å². The average molecular weight is 378 g/mol. The fourth-order valence-electron chi connectivity index (χ4n) is 3.75. The zero-order valence-corrected chi connectivity index (χ0v) is 15.8. The van der Waals surface area contributed by atoms with E-state index < -0.39 is 27.8 Å². The van der Waals surface area contributed by atoms with Crippen LogP contribution in [0.1, 0.15) is 44.3 Å². The number of sulfone groups is 1. The zero-order chi connectivity index (χ0) is 18.7. The number of carbonyl (C=O) groups excluding carboxylic acids is 1. The van der Waals surface area contributed by atoms with Crippen LogP contribution in [0.5, 0.6) is 0 Å². The highest BCUT2D eigenvalue weighted by atomic mass is 32.2.